The molecule has 0 saturated heterocycles. The maximum absolute atomic E-state index is 11.8. The molecule has 0 aliphatic heterocycles. The van der Waals surface area contributed by atoms with Gasteiger partial charge < -0.3 is 14.6 Å². The van der Waals surface area contributed by atoms with Crippen molar-refractivity contribution < 1.29 is 24.2 Å². The summed E-state index contributed by atoms with van der Waals surface area (Å²) in [6.45, 7) is 6.96. The molecule has 1 aromatic rings. The molecule has 0 fully saturated rings. The van der Waals surface area contributed by atoms with E-state index in [1.807, 2.05) is 0 Å². The summed E-state index contributed by atoms with van der Waals surface area (Å²) in [6, 6.07) is 3.02. The number of rotatable bonds is 3. The number of hydrogen-bond acceptors (Lipinski definition) is 4. The van der Waals surface area contributed by atoms with Gasteiger partial charge in [-0.05, 0) is 39.3 Å². The van der Waals surface area contributed by atoms with Crippen molar-refractivity contribution in [2.75, 3.05) is 12.4 Å². The number of aromatic carboxylic acids is 1. The Morgan fingerprint density at radius 2 is 1.85 bits per heavy atom. The number of benzene rings is 1. The van der Waals surface area contributed by atoms with E-state index in [9.17, 15) is 9.59 Å². The number of amides is 1. The Kier molecular flexibility index (Phi) is 4.60. The average molecular weight is 281 g/mol. The van der Waals surface area contributed by atoms with Gasteiger partial charge in [0.1, 0.15) is 11.2 Å². The van der Waals surface area contributed by atoms with Crippen molar-refractivity contribution >= 4 is 17.7 Å². The molecule has 110 valence electrons. The molecule has 6 heteroatoms. The van der Waals surface area contributed by atoms with Crippen LogP contribution in [-0.2, 0) is 4.74 Å². The van der Waals surface area contributed by atoms with E-state index in [1.165, 1.54) is 13.2 Å². The third-order valence-electron chi connectivity index (χ3n) is 2.43. The molecule has 0 saturated carbocycles. The van der Waals surface area contributed by atoms with E-state index in [0.717, 1.165) is 0 Å². The highest BCUT2D eigenvalue weighted by atomic mass is 16.6. The van der Waals surface area contributed by atoms with Crippen molar-refractivity contribution in [1.29, 1.82) is 0 Å². The van der Waals surface area contributed by atoms with Crippen LogP contribution >= 0.6 is 0 Å². The molecule has 0 bridgehead atoms. The highest BCUT2D eigenvalue weighted by Crippen LogP contribution is 2.32. The summed E-state index contributed by atoms with van der Waals surface area (Å²) in [5, 5.41) is 11.6. The lowest BCUT2D eigenvalue weighted by Crippen LogP contribution is -2.27. The van der Waals surface area contributed by atoms with Gasteiger partial charge in [0.05, 0.1) is 12.8 Å². The number of carboxylic acid groups (broad SMARTS) is 1. The summed E-state index contributed by atoms with van der Waals surface area (Å²) < 4.78 is 10.2. The molecule has 0 radical (unpaired) electrons. The van der Waals surface area contributed by atoms with Crippen LogP contribution in [-0.4, -0.2) is 29.9 Å². The quantitative estimate of drug-likeness (QED) is 0.889. The Bertz CT molecular complexity index is 531. The predicted octanol–water partition coefficient (Wildman–Crippen LogP) is 3.05. The summed E-state index contributed by atoms with van der Waals surface area (Å²) in [5.41, 5.74) is 0.304. The molecular formula is C14H19NO5. The largest absolute Gasteiger partial charge is 0.494 e. The molecule has 0 aromatic heterocycles. The van der Waals surface area contributed by atoms with Gasteiger partial charge in [0.25, 0.3) is 0 Å². The Labute approximate surface area is 117 Å². The van der Waals surface area contributed by atoms with E-state index in [0.29, 0.717) is 11.3 Å². The van der Waals surface area contributed by atoms with Gasteiger partial charge in [-0.1, -0.05) is 6.07 Å². The van der Waals surface area contributed by atoms with Crippen LogP contribution in [0.2, 0.25) is 0 Å². The molecule has 1 aromatic carbocycles. The first-order valence-electron chi connectivity index (χ1n) is 6.06. The highest BCUT2D eigenvalue weighted by Gasteiger charge is 2.21. The van der Waals surface area contributed by atoms with Crippen LogP contribution in [0.5, 0.6) is 5.75 Å². The maximum atomic E-state index is 11.8. The first kappa shape index (κ1) is 15.8. The molecule has 0 atom stereocenters. The monoisotopic (exact) mass is 281 g/mol. The molecule has 1 rings (SSSR count). The van der Waals surface area contributed by atoms with Gasteiger partial charge in [-0.15, -0.1) is 0 Å². The third-order valence-corrected chi connectivity index (χ3v) is 2.43. The zero-order valence-corrected chi connectivity index (χ0v) is 12.2. The first-order valence-corrected chi connectivity index (χ1v) is 6.06. The minimum absolute atomic E-state index is 0.0239. The van der Waals surface area contributed by atoms with Crippen LogP contribution in [0.4, 0.5) is 10.5 Å². The second kappa shape index (κ2) is 5.81. The summed E-state index contributed by atoms with van der Waals surface area (Å²) in [7, 11) is 1.35. The van der Waals surface area contributed by atoms with Crippen LogP contribution in [0.15, 0.2) is 12.1 Å². The van der Waals surface area contributed by atoms with Crippen molar-refractivity contribution in [2.45, 2.75) is 33.3 Å². The fraction of sp³-hybridized carbons (Fsp3) is 0.429. The summed E-state index contributed by atoms with van der Waals surface area (Å²) in [5.74, 6) is -1.03. The van der Waals surface area contributed by atoms with Crippen LogP contribution < -0.4 is 10.1 Å². The lowest BCUT2D eigenvalue weighted by Gasteiger charge is -2.21. The molecule has 20 heavy (non-hydrogen) atoms. The molecule has 1 amide bonds. The SMILES string of the molecule is COc1c(C(=O)O)ccc(C)c1NC(=O)OC(C)(C)C. The van der Waals surface area contributed by atoms with E-state index in [-0.39, 0.29) is 11.3 Å². The second-order valence-electron chi connectivity index (χ2n) is 5.27. The maximum Gasteiger partial charge on any atom is 0.412 e. The Hall–Kier alpha value is -2.24. The normalized spacial score (nSPS) is 10.8. The van der Waals surface area contributed by atoms with Gasteiger partial charge >= 0.3 is 12.1 Å². The average Bonchev–Trinajstić information content (AvgIpc) is 2.28. The Morgan fingerprint density at radius 1 is 1.25 bits per heavy atom. The number of nitrogens with one attached hydrogen (secondary N) is 1. The number of anilines is 1. The zero-order chi connectivity index (χ0) is 15.5. The lowest BCUT2D eigenvalue weighted by atomic mass is 10.1. The number of aryl methyl sites for hydroxylation is 1. The fourth-order valence-electron chi connectivity index (χ4n) is 1.62. The second-order valence-corrected chi connectivity index (χ2v) is 5.27. The van der Waals surface area contributed by atoms with E-state index in [1.54, 1.807) is 33.8 Å². The smallest absolute Gasteiger partial charge is 0.412 e. The summed E-state index contributed by atoms with van der Waals surface area (Å²) >= 11 is 0. The minimum Gasteiger partial charge on any atom is -0.494 e. The molecule has 2 N–H and O–H groups in total. The summed E-state index contributed by atoms with van der Waals surface area (Å²) in [6.07, 6.45) is -0.665. The van der Waals surface area contributed by atoms with Gasteiger partial charge in [-0.2, -0.15) is 0 Å². The van der Waals surface area contributed by atoms with Crippen molar-refractivity contribution in [1.82, 2.24) is 0 Å². The van der Waals surface area contributed by atoms with Crippen LogP contribution in [0.1, 0.15) is 36.7 Å². The van der Waals surface area contributed by atoms with E-state index in [2.05, 4.69) is 5.32 Å². The topological polar surface area (TPSA) is 84.9 Å². The zero-order valence-electron chi connectivity index (χ0n) is 12.2. The van der Waals surface area contributed by atoms with Crippen LogP contribution in [0.25, 0.3) is 0 Å². The Balaban J connectivity index is 3.14. The molecular weight excluding hydrogens is 262 g/mol. The first-order chi connectivity index (χ1) is 9.15. The molecule has 0 heterocycles. The standard InChI is InChI=1S/C14H19NO5/c1-8-6-7-9(12(16)17)11(19-5)10(8)15-13(18)20-14(2,3)4/h6-7H,1-5H3,(H,15,18)(H,16,17). The number of carbonyl (C=O) groups is 2. The lowest BCUT2D eigenvalue weighted by molar-refractivity contribution is 0.0631. The van der Waals surface area contributed by atoms with Crippen molar-refractivity contribution in [2.24, 2.45) is 0 Å². The predicted molar refractivity (Wildman–Crippen MR) is 74.5 cm³/mol. The minimum atomic E-state index is -1.13. The molecule has 0 aliphatic carbocycles. The molecule has 0 spiro atoms. The fourth-order valence-corrected chi connectivity index (χ4v) is 1.62. The van der Waals surface area contributed by atoms with Gasteiger partial charge in [0, 0.05) is 0 Å². The van der Waals surface area contributed by atoms with Gasteiger partial charge in [-0.3, -0.25) is 5.32 Å². The number of methoxy groups -OCH3 is 1. The number of carbonyl (C=O) groups excluding carboxylic acids is 1. The Morgan fingerprint density at radius 3 is 2.30 bits per heavy atom. The third kappa shape index (κ3) is 3.88. The molecule has 0 aliphatic rings. The van der Waals surface area contributed by atoms with Crippen molar-refractivity contribution in [3.05, 3.63) is 23.3 Å². The van der Waals surface area contributed by atoms with E-state index >= 15 is 0 Å². The van der Waals surface area contributed by atoms with E-state index < -0.39 is 17.7 Å². The molecule has 6 nitrogen and oxygen atoms in total. The number of hydrogen-bond donors (Lipinski definition) is 2. The van der Waals surface area contributed by atoms with E-state index in [4.69, 9.17) is 14.6 Å². The number of carboxylic acids is 1. The summed E-state index contributed by atoms with van der Waals surface area (Å²) in [4.78, 5) is 22.9. The molecule has 0 unspecified atom stereocenters. The van der Waals surface area contributed by atoms with Crippen LogP contribution in [0, 0.1) is 6.92 Å². The van der Waals surface area contributed by atoms with Gasteiger partial charge in [-0.25, -0.2) is 9.59 Å². The van der Waals surface area contributed by atoms with Crippen LogP contribution in [0.3, 0.4) is 0 Å². The van der Waals surface area contributed by atoms with Crippen molar-refractivity contribution in [3.8, 4) is 5.75 Å². The number of ether oxygens (including phenoxy) is 2. The van der Waals surface area contributed by atoms with Gasteiger partial charge in [0.2, 0.25) is 0 Å². The van der Waals surface area contributed by atoms with Crippen molar-refractivity contribution in [3.63, 3.8) is 0 Å². The highest BCUT2D eigenvalue weighted by molar-refractivity contribution is 5.97. The van der Waals surface area contributed by atoms with Gasteiger partial charge in [0.15, 0.2) is 5.75 Å².